The van der Waals surface area contributed by atoms with Crippen LogP contribution in [0.2, 0.25) is 0 Å². The summed E-state index contributed by atoms with van der Waals surface area (Å²) in [6.45, 7) is 3.36. The molecule has 0 saturated heterocycles. The molecular weight excluding hydrogens is 179 g/mol. The third-order valence-corrected chi connectivity index (χ3v) is 4.16. The van der Waals surface area contributed by atoms with Crippen molar-refractivity contribution in [3.8, 4) is 0 Å². The minimum atomic E-state index is -3.35. The zero-order valence-electron chi connectivity index (χ0n) is 8.03. The lowest BCUT2D eigenvalue weighted by molar-refractivity contribution is 0.0860. The van der Waals surface area contributed by atoms with Crippen LogP contribution in [0.25, 0.3) is 0 Å². The quantitative estimate of drug-likeness (QED) is 0.683. The van der Waals surface area contributed by atoms with E-state index in [0.29, 0.717) is 6.42 Å². The standard InChI is InChI=1S/C7H17O4P/c1-5-6-7(2,8)12(9,10-3)11-4/h8H,5-6H2,1-4H3/t7-/m0/s1. The molecule has 0 unspecified atom stereocenters. The van der Waals surface area contributed by atoms with Crippen molar-refractivity contribution in [3.63, 3.8) is 0 Å². The van der Waals surface area contributed by atoms with E-state index in [1.807, 2.05) is 6.92 Å². The molecule has 0 aromatic heterocycles. The van der Waals surface area contributed by atoms with Gasteiger partial charge in [0.2, 0.25) is 0 Å². The predicted molar refractivity (Wildman–Crippen MR) is 47.2 cm³/mol. The summed E-state index contributed by atoms with van der Waals surface area (Å²) in [5.41, 5.74) is 0. The summed E-state index contributed by atoms with van der Waals surface area (Å²) < 4.78 is 21.0. The molecule has 0 amide bonds. The minimum absolute atomic E-state index is 0.395. The molecule has 0 aromatic rings. The molecule has 0 radical (unpaired) electrons. The van der Waals surface area contributed by atoms with Crippen LogP contribution in [0.15, 0.2) is 0 Å². The summed E-state index contributed by atoms with van der Waals surface area (Å²) in [4.78, 5) is 0. The highest BCUT2D eigenvalue weighted by Crippen LogP contribution is 2.59. The highest BCUT2D eigenvalue weighted by Gasteiger charge is 2.43. The second-order valence-electron chi connectivity index (χ2n) is 2.83. The normalized spacial score (nSPS) is 17.4. The zero-order chi connectivity index (χ0) is 9.83. The summed E-state index contributed by atoms with van der Waals surface area (Å²) >= 11 is 0. The molecule has 0 bridgehead atoms. The van der Waals surface area contributed by atoms with Gasteiger partial charge in [-0.2, -0.15) is 0 Å². The van der Waals surface area contributed by atoms with Crippen LogP contribution in [-0.2, 0) is 13.6 Å². The van der Waals surface area contributed by atoms with Crippen LogP contribution in [0.4, 0.5) is 0 Å². The number of rotatable bonds is 5. The smallest absolute Gasteiger partial charge is 0.361 e. The van der Waals surface area contributed by atoms with E-state index in [9.17, 15) is 9.67 Å². The van der Waals surface area contributed by atoms with E-state index in [1.165, 1.54) is 21.1 Å². The SMILES string of the molecule is CCC[C@@](C)(O)P(=O)(OC)OC. The molecule has 74 valence electrons. The largest absolute Gasteiger partial charge is 0.377 e. The fourth-order valence-electron chi connectivity index (χ4n) is 1.08. The van der Waals surface area contributed by atoms with E-state index in [2.05, 4.69) is 9.05 Å². The van der Waals surface area contributed by atoms with Crippen molar-refractivity contribution in [2.24, 2.45) is 0 Å². The Morgan fingerprint density at radius 2 is 1.83 bits per heavy atom. The molecule has 0 rings (SSSR count). The zero-order valence-corrected chi connectivity index (χ0v) is 8.93. The Morgan fingerprint density at radius 1 is 1.42 bits per heavy atom. The molecule has 0 saturated carbocycles. The minimum Gasteiger partial charge on any atom is -0.377 e. The fourth-order valence-corrected chi connectivity index (χ4v) is 2.51. The van der Waals surface area contributed by atoms with Crippen molar-refractivity contribution in [1.82, 2.24) is 0 Å². The molecule has 0 aliphatic heterocycles. The molecule has 1 N–H and O–H groups in total. The van der Waals surface area contributed by atoms with Gasteiger partial charge in [0, 0.05) is 14.2 Å². The van der Waals surface area contributed by atoms with Gasteiger partial charge >= 0.3 is 7.60 Å². The van der Waals surface area contributed by atoms with Crippen molar-refractivity contribution in [3.05, 3.63) is 0 Å². The van der Waals surface area contributed by atoms with Crippen LogP contribution >= 0.6 is 7.60 Å². The number of hydrogen-bond acceptors (Lipinski definition) is 4. The van der Waals surface area contributed by atoms with Gasteiger partial charge in [-0.25, -0.2) is 0 Å². The summed E-state index contributed by atoms with van der Waals surface area (Å²) in [6, 6.07) is 0. The van der Waals surface area contributed by atoms with E-state index in [1.54, 1.807) is 0 Å². The van der Waals surface area contributed by atoms with E-state index < -0.39 is 12.9 Å². The van der Waals surface area contributed by atoms with E-state index in [0.717, 1.165) is 6.42 Å². The van der Waals surface area contributed by atoms with Gasteiger partial charge in [0.1, 0.15) is 0 Å². The molecule has 5 heteroatoms. The Hall–Kier alpha value is 0.110. The average molecular weight is 196 g/mol. The molecule has 0 aromatic carbocycles. The van der Waals surface area contributed by atoms with Crippen LogP contribution in [0.1, 0.15) is 26.7 Å². The van der Waals surface area contributed by atoms with Gasteiger partial charge in [-0.15, -0.1) is 0 Å². The maximum Gasteiger partial charge on any atom is 0.361 e. The van der Waals surface area contributed by atoms with Crippen molar-refractivity contribution in [1.29, 1.82) is 0 Å². The van der Waals surface area contributed by atoms with Gasteiger partial charge in [0.05, 0.1) is 0 Å². The molecule has 0 fully saturated rings. The molecule has 0 aliphatic rings. The highest BCUT2D eigenvalue weighted by molar-refractivity contribution is 7.55. The van der Waals surface area contributed by atoms with Gasteiger partial charge in [-0.1, -0.05) is 13.3 Å². The third kappa shape index (κ3) is 2.30. The van der Waals surface area contributed by atoms with E-state index in [-0.39, 0.29) is 0 Å². The molecule has 4 nitrogen and oxygen atoms in total. The predicted octanol–water partition coefficient (Wildman–Crippen LogP) is 1.98. The highest BCUT2D eigenvalue weighted by atomic mass is 31.2. The van der Waals surface area contributed by atoms with Crippen LogP contribution < -0.4 is 0 Å². The Kier molecular flexibility index (Phi) is 4.42. The number of aliphatic hydroxyl groups is 1. The van der Waals surface area contributed by atoms with Crippen LogP contribution in [0.5, 0.6) is 0 Å². The molecule has 0 heterocycles. The van der Waals surface area contributed by atoms with Crippen molar-refractivity contribution < 1.29 is 18.7 Å². The first-order chi connectivity index (χ1) is 5.43. The Morgan fingerprint density at radius 3 is 2.08 bits per heavy atom. The average Bonchev–Trinajstić information content (AvgIpc) is 2.02. The van der Waals surface area contributed by atoms with Gasteiger partial charge in [0.15, 0.2) is 5.34 Å². The lowest BCUT2D eigenvalue weighted by Crippen LogP contribution is -2.25. The fraction of sp³-hybridized carbons (Fsp3) is 1.00. The Labute approximate surface area is 73.4 Å². The first-order valence-corrected chi connectivity index (χ1v) is 5.41. The van der Waals surface area contributed by atoms with Crippen LogP contribution in [0.3, 0.4) is 0 Å². The monoisotopic (exact) mass is 196 g/mol. The second kappa shape index (κ2) is 4.38. The molecule has 1 atom stereocenters. The van der Waals surface area contributed by atoms with Gasteiger partial charge in [-0.05, 0) is 13.3 Å². The maximum absolute atomic E-state index is 11.7. The number of hydrogen-bond donors (Lipinski definition) is 1. The van der Waals surface area contributed by atoms with Gasteiger partial charge < -0.3 is 14.2 Å². The third-order valence-electron chi connectivity index (χ3n) is 1.79. The Bertz CT molecular complexity index is 170. The summed E-state index contributed by atoms with van der Waals surface area (Å²) in [5, 5.41) is 8.34. The van der Waals surface area contributed by atoms with E-state index >= 15 is 0 Å². The van der Waals surface area contributed by atoms with Crippen LogP contribution in [-0.4, -0.2) is 24.7 Å². The Balaban J connectivity index is 4.59. The summed E-state index contributed by atoms with van der Waals surface area (Å²) in [7, 11) is -0.801. The van der Waals surface area contributed by atoms with Gasteiger partial charge in [0.25, 0.3) is 0 Å². The van der Waals surface area contributed by atoms with Gasteiger partial charge in [-0.3, -0.25) is 4.57 Å². The van der Waals surface area contributed by atoms with Crippen molar-refractivity contribution in [2.75, 3.05) is 14.2 Å². The molecule has 0 spiro atoms. The van der Waals surface area contributed by atoms with Crippen molar-refractivity contribution >= 4 is 7.60 Å². The summed E-state index contributed by atoms with van der Waals surface area (Å²) in [6.07, 6.45) is 1.12. The topological polar surface area (TPSA) is 55.8 Å². The second-order valence-corrected chi connectivity index (χ2v) is 5.52. The van der Waals surface area contributed by atoms with Crippen molar-refractivity contribution in [2.45, 2.75) is 32.0 Å². The first-order valence-electron chi connectivity index (χ1n) is 3.87. The maximum atomic E-state index is 11.7. The lowest BCUT2D eigenvalue weighted by Gasteiger charge is -2.29. The first kappa shape index (κ1) is 12.1. The lowest BCUT2D eigenvalue weighted by atomic mass is 10.2. The van der Waals surface area contributed by atoms with E-state index in [4.69, 9.17) is 0 Å². The summed E-state index contributed by atoms with van der Waals surface area (Å²) in [5.74, 6) is 0. The van der Waals surface area contributed by atoms with Crippen LogP contribution in [0, 0.1) is 0 Å². The molecule has 12 heavy (non-hydrogen) atoms. The molecule has 0 aliphatic carbocycles. The molecular formula is C7H17O4P.